The van der Waals surface area contributed by atoms with Gasteiger partial charge in [0.2, 0.25) is 0 Å². The van der Waals surface area contributed by atoms with E-state index in [2.05, 4.69) is 89.6 Å². The minimum absolute atomic E-state index is 0.279. The molecule has 154 valence electrons. The number of nitrogens with zero attached hydrogens (tertiary/aromatic N) is 3. The Bertz CT molecular complexity index is 907. The second-order valence-electron chi connectivity index (χ2n) is 7.63. The van der Waals surface area contributed by atoms with Crippen LogP contribution in [0.5, 0.6) is 5.75 Å². The maximum Gasteiger partial charge on any atom is 0.118 e. The zero-order chi connectivity index (χ0) is 20.8. The smallest absolute Gasteiger partial charge is 0.118 e. The SMILES string of the molecule is COc1ccc(/C(C)=N/N2CCN(C(c3ccccc3)c3ccccc3)CC2)cc1. The van der Waals surface area contributed by atoms with Crippen LogP contribution in [-0.4, -0.2) is 48.9 Å². The van der Waals surface area contributed by atoms with Gasteiger partial charge in [0.05, 0.1) is 18.9 Å². The lowest BCUT2D eigenvalue weighted by Crippen LogP contribution is -2.46. The lowest BCUT2D eigenvalue weighted by Gasteiger charge is -2.39. The van der Waals surface area contributed by atoms with Gasteiger partial charge in [-0.25, -0.2) is 0 Å². The van der Waals surface area contributed by atoms with Crippen molar-refractivity contribution in [1.82, 2.24) is 9.91 Å². The summed E-state index contributed by atoms with van der Waals surface area (Å²) >= 11 is 0. The van der Waals surface area contributed by atoms with Crippen LogP contribution in [0.15, 0.2) is 90.0 Å². The zero-order valence-electron chi connectivity index (χ0n) is 17.7. The summed E-state index contributed by atoms with van der Waals surface area (Å²) in [6.45, 7) is 5.87. The van der Waals surface area contributed by atoms with Crippen LogP contribution in [0, 0.1) is 0 Å². The molecule has 1 aliphatic rings. The van der Waals surface area contributed by atoms with Gasteiger partial charge in [0.25, 0.3) is 0 Å². The number of benzene rings is 3. The summed E-state index contributed by atoms with van der Waals surface area (Å²) in [4.78, 5) is 2.57. The van der Waals surface area contributed by atoms with Crippen LogP contribution in [0.3, 0.4) is 0 Å². The Kier molecular flexibility index (Phi) is 6.45. The van der Waals surface area contributed by atoms with E-state index in [0.29, 0.717) is 0 Å². The first-order valence-corrected chi connectivity index (χ1v) is 10.5. The van der Waals surface area contributed by atoms with Crippen molar-refractivity contribution in [1.29, 1.82) is 0 Å². The monoisotopic (exact) mass is 399 g/mol. The molecule has 4 nitrogen and oxygen atoms in total. The van der Waals surface area contributed by atoms with E-state index < -0.39 is 0 Å². The summed E-state index contributed by atoms with van der Waals surface area (Å²) in [7, 11) is 1.69. The fourth-order valence-corrected chi connectivity index (χ4v) is 4.06. The van der Waals surface area contributed by atoms with Gasteiger partial charge in [-0.2, -0.15) is 5.10 Å². The molecule has 1 heterocycles. The number of methoxy groups -OCH3 is 1. The summed E-state index contributed by atoms with van der Waals surface area (Å²) < 4.78 is 5.25. The van der Waals surface area contributed by atoms with Crippen molar-refractivity contribution in [3.8, 4) is 5.75 Å². The average molecular weight is 400 g/mol. The Hall–Kier alpha value is -3.11. The Morgan fingerprint density at radius 2 is 1.30 bits per heavy atom. The Morgan fingerprint density at radius 1 is 0.767 bits per heavy atom. The quantitative estimate of drug-likeness (QED) is 0.556. The van der Waals surface area contributed by atoms with Crippen molar-refractivity contribution >= 4 is 5.71 Å². The van der Waals surface area contributed by atoms with Gasteiger partial charge in [-0.3, -0.25) is 9.91 Å². The third kappa shape index (κ3) is 4.71. The van der Waals surface area contributed by atoms with E-state index in [1.807, 2.05) is 12.1 Å². The van der Waals surface area contributed by atoms with Crippen molar-refractivity contribution in [3.05, 3.63) is 102 Å². The molecular weight excluding hydrogens is 370 g/mol. The molecule has 0 aromatic heterocycles. The molecule has 0 amide bonds. The standard InChI is InChI=1S/C26H29N3O/c1-21(22-13-15-25(30-2)16-14-22)27-29-19-17-28(18-20-29)26(23-9-5-3-6-10-23)24-11-7-4-8-12-24/h3-16,26H,17-20H2,1-2H3/b27-21+. The highest BCUT2D eigenvalue weighted by Crippen LogP contribution is 2.29. The van der Waals surface area contributed by atoms with E-state index >= 15 is 0 Å². The van der Waals surface area contributed by atoms with Gasteiger partial charge in [-0.1, -0.05) is 60.7 Å². The van der Waals surface area contributed by atoms with Crippen LogP contribution < -0.4 is 4.74 Å². The highest BCUT2D eigenvalue weighted by molar-refractivity contribution is 5.98. The molecule has 1 aliphatic heterocycles. The largest absolute Gasteiger partial charge is 0.497 e. The van der Waals surface area contributed by atoms with Crippen LogP contribution in [0.25, 0.3) is 0 Å². The number of ether oxygens (including phenoxy) is 1. The van der Waals surface area contributed by atoms with Gasteiger partial charge in [0.15, 0.2) is 0 Å². The molecule has 3 aromatic carbocycles. The summed E-state index contributed by atoms with van der Waals surface area (Å²) in [6, 6.07) is 30.0. The molecule has 0 atom stereocenters. The van der Waals surface area contributed by atoms with Gasteiger partial charge in [0, 0.05) is 26.2 Å². The fourth-order valence-electron chi connectivity index (χ4n) is 4.06. The molecule has 0 bridgehead atoms. The highest BCUT2D eigenvalue weighted by Gasteiger charge is 2.26. The van der Waals surface area contributed by atoms with E-state index in [-0.39, 0.29) is 6.04 Å². The molecule has 3 aromatic rings. The molecule has 0 unspecified atom stereocenters. The van der Waals surface area contributed by atoms with Crippen LogP contribution in [0.1, 0.15) is 29.7 Å². The lowest BCUT2D eigenvalue weighted by molar-refractivity contribution is 0.112. The third-order valence-corrected chi connectivity index (χ3v) is 5.69. The molecule has 4 rings (SSSR count). The van der Waals surface area contributed by atoms with E-state index in [4.69, 9.17) is 9.84 Å². The topological polar surface area (TPSA) is 28.1 Å². The average Bonchev–Trinajstić information content (AvgIpc) is 2.82. The first kappa shape index (κ1) is 20.2. The van der Waals surface area contributed by atoms with Crippen LogP contribution in [0.2, 0.25) is 0 Å². The van der Waals surface area contributed by atoms with E-state index in [1.165, 1.54) is 11.1 Å². The van der Waals surface area contributed by atoms with Crippen molar-refractivity contribution in [2.75, 3.05) is 33.3 Å². The van der Waals surface area contributed by atoms with Gasteiger partial charge in [0.1, 0.15) is 5.75 Å². The molecule has 1 fully saturated rings. The Morgan fingerprint density at radius 3 is 1.80 bits per heavy atom. The van der Waals surface area contributed by atoms with Gasteiger partial charge in [-0.15, -0.1) is 0 Å². The Balaban J connectivity index is 1.46. The summed E-state index contributed by atoms with van der Waals surface area (Å²) in [6.07, 6.45) is 0. The molecule has 0 spiro atoms. The highest BCUT2D eigenvalue weighted by atomic mass is 16.5. The maximum atomic E-state index is 5.25. The molecule has 0 saturated carbocycles. The maximum absolute atomic E-state index is 5.25. The molecule has 1 saturated heterocycles. The van der Waals surface area contributed by atoms with Crippen molar-refractivity contribution in [2.24, 2.45) is 5.10 Å². The minimum atomic E-state index is 0.279. The number of hydrogen-bond donors (Lipinski definition) is 0. The van der Waals surface area contributed by atoms with Crippen LogP contribution in [0.4, 0.5) is 0 Å². The predicted octanol–water partition coefficient (Wildman–Crippen LogP) is 4.83. The van der Waals surface area contributed by atoms with Crippen LogP contribution >= 0.6 is 0 Å². The van der Waals surface area contributed by atoms with Gasteiger partial charge >= 0.3 is 0 Å². The summed E-state index contributed by atoms with van der Waals surface area (Å²) in [5.41, 5.74) is 4.85. The van der Waals surface area contributed by atoms with Crippen LogP contribution in [-0.2, 0) is 0 Å². The van der Waals surface area contributed by atoms with Crippen molar-refractivity contribution < 1.29 is 4.74 Å². The fraction of sp³-hybridized carbons (Fsp3) is 0.269. The molecule has 0 N–H and O–H groups in total. The first-order valence-electron chi connectivity index (χ1n) is 10.5. The minimum Gasteiger partial charge on any atom is -0.497 e. The number of hydrazone groups is 1. The molecule has 4 heteroatoms. The number of hydrogen-bond acceptors (Lipinski definition) is 4. The van der Waals surface area contributed by atoms with E-state index in [0.717, 1.165) is 43.2 Å². The van der Waals surface area contributed by atoms with Crippen molar-refractivity contribution in [2.45, 2.75) is 13.0 Å². The molecular formula is C26H29N3O. The summed E-state index contributed by atoms with van der Waals surface area (Å²) in [5.74, 6) is 0.869. The molecule has 30 heavy (non-hydrogen) atoms. The second kappa shape index (κ2) is 9.59. The second-order valence-corrected chi connectivity index (χ2v) is 7.63. The molecule has 0 aliphatic carbocycles. The number of rotatable bonds is 6. The lowest BCUT2D eigenvalue weighted by atomic mass is 9.96. The number of piperazine rings is 1. The van der Waals surface area contributed by atoms with E-state index in [9.17, 15) is 0 Å². The van der Waals surface area contributed by atoms with E-state index in [1.54, 1.807) is 7.11 Å². The zero-order valence-corrected chi connectivity index (χ0v) is 17.7. The predicted molar refractivity (Wildman–Crippen MR) is 123 cm³/mol. The Labute approximate surface area is 179 Å². The van der Waals surface area contributed by atoms with Gasteiger partial charge in [-0.05, 0) is 47.9 Å². The first-order chi connectivity index (χ1) is 14.7. The van der Waals surface area contributed by atoms with Crippen molar-refractivity contribution in [3.63, 3.8) is 0 Å². The van der Waals surface area contributed by atoms with Gasteiger partial charge < -0.3 is 4.74 Å². The normalized spacial score (nSPS) is 15.4. The third-order valence-electron chi connectivity index (χ3n) is 5.69. The summed E-state index contributed by atoms with van der Waals surface area (Å²) in [5, 5.41) is 7.08. The molecule has 0 radical (unpaired) electrons.